The Bertz CT molecular complexity index is 773. The van der Waals surface area contributed by atoms with Gasteiger partial charge >= 0.3 is 0 Å². The van der Waals surface area contributed by atoms with Crippen molar-refractivity contribution in [3.05, 3.63) is 47.3 Å². The molecule has 0 bridgehead atoms. The van der Waals surface area contributed by atoms with Crippen molar-refractivity contribution >= 4 is 10.0 Å². The molecule has 1 atom stereocenters. The quantitative estimate of drug-likeness (QED) is 0.810. The predicted octanol–water partition coefficient (Wildman–Crippen LogP) is 0.891. The zero-order valence-electron chi connectivity index (χ0n) is 13.2. The van der Waals surface area contributed by atoms with Gasteiger partial charge in [0.15, 0.2) is 0 Å². The summed E-state index contributed by atoms with van der Waals surface area (Å²) in [6, 6.07) is 9.37. The number of sulfonamides is 1. The number of nitrogens with zero attached hydrogens (tertiary/aromatic N) is 4. The normalized spacial score (nSPS) is 18.8. The second kappa shape index (κ2) is 6.38. The Morgan fingerprint density at radius 3 is 2.74 bits per heavy atom. The predicted molar refractivity (Wildman–Crippen MR) is 85.1 cm³/mol. The van der Waals surface area contributed by atoms with Gasteiger partial charge < -0.3 is 4.74 Å². The van der Waals surface area contributed by atoms with Gasteiger partial charge in [0.05, 0.1) is 31.2 Å². The number of fused-ring (bicyclic) bond motifs is 1. The van der Waals surface area contributed by atoms with E-state index in [4.69, 9.17) is 4.74 Å². The van der Waals surface area contributed by atoms with Crippen molar-refractivity contribution in [1.82, 2.24) is 19.3 Å². The van der Waals surface area contributed by atoms with E-state index in [-0.39, 0.29) is 6.61 Å². The third-order valence-electron chi connectivity index (χ3n) is 4.02. The van der Waals surface area contributed by atoms with Crippen molar-refractivity contribution in [3.63, 3.8) is 0 Å². The van der Waals surface area contributed by atoms with Crippen molar-refractivity contribution in [2.45, 2.75) is 19.1 Å². The van der Waals surface area contributed by atoms with E-state index >= 15 is 0 Å². The number of benzene rings is 1. The van der Waals surface area contributed by atoms with Crippen LogP contribution in [-0.4, -0.2) is 47.1 Å². The summed E-state index contributed by atoms with van der Waals surface area (Å²) in [5.74, 6) is 0. The molecule has 124 valence electrons. The summed E-state index contributed by atoms with van der Waals surface area (Å²) in [6.07, 6.45) is 1.83. The van der Waals surface area contributed by atoms with E-state index in [1.165, 1.54) is 10.6 Å². The molecule has 1 aromatic carbocycles. The molecule has 23 heavy (non-hydrogen) atoms. The van der Waals surface area contributed by atoms with Crippen LogP contribution >= 0.6 is 0 Å². The zero-order valence-corrected chi connectivity index (χ0v) is 14.0. The Balaban J connectivity index is 1.78. The summed E-state index contributed by atoms with van der Waals surface area (Å²) in [5, 5.41) is 8.17. The first kappa shape index (κ1) is 16.1. The standard InChI is InChI=1S/C15H20N4O3S/c1-18-13-8-9-19(23(2,20)21)14(15(13)16-17-18)11-22-10-12-6-4-3-5-7-12/h3-7,14H,8-11H2,1-2H3/t14-/m1/s1. The molecule has 1 aliphatic heterocycles. The number of hydrogen-bond acceptors (Lipinski definition) is 5. The van der Waals surface area contributed by atoms with Gasteiger partial charge in [-0.3, -0.25) is 4.68 Å². The van der Waals surface area contributed by atoms with Crippen molar-refractivity contribution in [1.29, 1.82) is 0 Å². The largest absolute Gasteiger partial charge is 0.375 e. The van der Waals surface area contributed by atoms with Gasteiger partial charge in [-0.2, -0.15) is 4.31 Å². The van der Waals surface area contributed by atoms with Gasteiger partial charge in [-0.25, -0.2) is 8.42 Å². The minimum atomic E-state index is -3.33. The molecule has 0 radical (unpaired) electrons. The molecule has 1 aromatic heterocycles. The highest BCUT2D eigenvalue weighted by atomic mass is 32.2. The van der Waals surface area contributed by atoms with E-state index in [0.717, 1.165) is 11.3 Å². The average molecular weight is 336 g/mol. The van der Waals surface area contributed by atoms with Crippen LogP contribution in [0.25, 0.3) is 0 Å². The number of aryl methyl sites for hydroxylation is 1. The summed E-state index contributed by atoms with van der Waals surface area (Å²) in [5.41, 5.74) is 2.71. The third-order valence-corrected chi connectivity index (χ3v) is 5.31. The second-order valence-electron chi connectivity index (χ2n) is 5.69. The molecule has 2 heterocycles. The Hall–Kier alpha value is -1.77. The van der Waals surface area contributed by atoms with Crippen LogP contribution in [0.3, 0.4) is 0 Å². The minimum Gasteiger partial charge on any atom is -0.375 e. The summed E-state index contributed by atoms with van der Waals surface area (Å²) in [4.78, 5) is 0. The van der Waals surface area contributed by atoms with Crippen molar-refractivity contribution < 1.29 is 13.2 Å². The Morgan fingerprint density at radius 1 is 1.30 bits per heavy atom. The average Bonchev–Trinajstić information content (AvgIpc) is 2.89. The maximum atomic E-state index is 12.1. The molecule has 1 aliphatic rings. The summed E-state index contributed by atoms with van der Waals surface area (Å²) >= 11 is 0. The fourth-order valence-corrected chi connectivity index (χ4v) is 3.92. The summed E-state index contributed by atoms with van der Waals surface area (Å²) < 4.78 is 33.1. The second-order valence-corrected chi connectivity index (χ2v) is 7.62. The molecular formula is C15H20N4O3S. The molecule has 0 aliphatic carbocycles. The molecule has 0 saturated heterocycles. The zero-order chi connectivity index (χ0) is 16.4. The molecule has 7 nitrogen and oxygen atoms in total. The lowest BCUT2D eigenvalue weighted by Crippen LogP contribution is -2.41. The molecule has 0 fully saturated rings. The number of aromatic nitrogens is 3. The van der Waals surface area contributed by atoms with E-state index in [1.807, 2.05) is 37.4 Å². The third kappa shape index (κ3) is 3.44. The first-order valence-corrected chi connectivity index (χ1v) is 9.28. The molecule has 0 amide bonds. The summed E-state index contributed by atoms with van der Waals surface area (Å²) in [6.45, 7) is 1.12. The van der Waals surface area contributed by atoms with Gasteiger partial charge in [0.25, 0.3) is 0 Å². The van der Waals surface area contributed by atoms with Crippen molar-refractivity contribution in [3.8, 4) is 0 Å². The van der Waals surface area contributed by atoms with Crippen LogP contribution in [0.1, 0.15) is 23.0 Å². The van der Waals surface area contributed by atoms with E-state index in [1.54, 1.807) is 4.68 Å². The van der Waals surface area contributed by atoms with Gasteiger partial charge in [0, 0.05) is 20.0 Å². The molecule has 0 saturated carbocycles. The van der Waals surface area contributed by atoms with Gasteiger partial charge in [-0.05, 0) is 5.56 Å². The van der Waals surface area contributed by atoms with Crippen LogP contribution in [-0.2, 0) is 34.8 Å². The van der Waals surface area contributed by atoms with Crippen molar-refractivity contribution in [2.75, 3.05) is 19.4 Å². The molecule has 8 heteroatoms. The van der Waals surface area contributed by atoms with Crippen molar-refractivity contribution in [2.24, 2.45) is 7.05 Å². The molecular weight excluding hydrogens is 316 g/mol. The fourth-order valence-electron chi connectivity index (χ4n) is 2.87. The van der Waals surface area contributed by atoms with Crippen LogP contribution in [0.4, 0.5) is 0 Å². The van der Waals surface area contributed by atoms with E-state index in [2.05, 4.69) is 10.3 Å². The molecule has 2 aromatic rings. The monoisotopic (exact) mass is 336 g/mol. The SMILES string of the molecule is Cn1nnc2c1CCN(S(C)(=O)=O)[C@@H]2COCc1ccccc1. The van der Waals surface area contributed by atoms with Crippen LogP contribution in [0.2, 0.25) is 0 Å². The Labute approximate surface area is 135 Å². The molecule has 3 rings (SSSR count). The minimum absolute atomic E-state index is 0.258. The lowest BCUT2D eigenvalue weighted by atomic mass is 10.1. The topological polar surface area (TPSA) is 77.3 Å². The fraction of sp³-hybridized carbons (Fsp3) is 0.467. The van der Waals surface area contributed by atoms with Crippen LogP contribution in [0.15, 0.2) is 30.3 Å². The van der Waals surface area contributed by atoms with Gasteiger partial charge in [-0.1, -0.05) is 35.5 Å². The van der Waals surface area contributed by atoms with Gasteiger partial charge in [-0.15, -0.1) is 5.10 Å². The number of ether oxygens (including phenoxy) is 1. The van der Waals surface area contributed by atoms with Crippen LogP contribution in [0.5, 0.6) is 0 Å². The lowest BCUT2D eigenvalue weighted by Gasteiger charge is -2.32. The van der Waals surface area contributed by atoms with E-state index < -0.39 is 16.1 Å². The summed E-state index contributed by atoms with van der Waals surface area (Å²) in [7, 11) is -1.50. The number of hydrogen-bond donors (Lipinski definition) is 0. The van der Waals surface area contributed by atoms with Crippen LogP contribution in [0, 0.1) is 0 Å². The highest BCUT2D eigenvalue weighted by Gasteiger charge is 2.36. The molecule has 0 spiro atoms. The lowest BCUT2D eigenvalue weighted by molar-refractivity contribution is 0.0722. The molecule has 0 unspecified atom stereocenters. The highest BCUT2D eigenvalue weighted by Crippen LogP contribution is 2.30. The first-order chi connectivity index (χ1) is 11.0. The first-order valence-electron chi connectivity index (χ1n) is 7.44. The maximum absolute atomic E-state index is 12.1. The van der Waals surface area contributed by atoms with Gasteiger partial charge in [0.1, 0.15) is 5.69 Å². The number of rotatable bonds is 5. The highest BCUT2D eigenvalue weighted by molar-refractivity contribution is 7.88. The van der Waals surface area contributed by atoms with E-state index in [0.29, 0.717) is 25.3 Å². The van der Waals surface area contributed by atoms with E-state index in [9.17, 15) is 8.42 Å². The molecule has 0 N–H and O–H groups in total. The Morgan fingerprint density at radius 2 is 2.04 bits per heavy atom. The smallest absolute Gasteiger partial charge is 0.211 e. The van der Waals surface area contributed by atoms with Crippen LogP contribution < -0.4 is 0 Å². The maximum Gasteiger partial charge on any atom is 0.211 e. The van der Waals surface area contributed by atoms with Gasteiger partial charge in [0.2, 0.25) is 10.0 Å². The Kier molecular flexibility index (Phi) is 4.47.